The highest BCUT2D eigenvalue weighted by Gasteiger charge is 2.39. The molecule has 0 heterocycles. The van der Waals surface area contributed by atoms with Crippen LogP contribution >= 0.6 is 0 Å². The van der Waals surface area contributed by atoms with Gasteiger partial charge in [-0.1, -0.05) is 13.3 Å². The normalized spacial score (nSPS) is 18.0. The van der Waals surface area contributed by atoms with E-state index in [9.17, 15) is 0 Å². The van der Waals surface area contributed by atoms with Crippen molar-refractivity contribution in [1.29, 1.82) is 0 Å². The minimum Gasteiger partial charge on any atom is -0.317 e. The number of nitrogens with zero attached hydrogens (tertiary/aromatic N) is 2. The van der Waals surface area contributed by atoms with Crippen LogP contribution in [0, 0.1) is 0 Å². The van der Waals surface area contributed by atoms with Crippen LogP contribution in [0.15, 0.2) is 0 Å². The van der Waals surface area contributed by atoms with E-state index in [1.807, 2.05) is 0 Å². The van der Waals surface area contributed by atoms with Gasteiger partial charge in [-0.15, -0.1) is 0 Å². The highest BCUT2D eigenvalue weighted by molar-refractivity contribution is 4.97. The number of hydrogen-bond acceptors (Lipinski definition) is 3. The Morgan fingerprint density at radius 3 is 2.26 bits per heavy atom. The molecule has 0 aromatic rings. The zero-order chi connectivity index (χ0) is 14.1. The minimum absolute atomic E-state index is 0.484. The van der Waals surface area contributed by atoms with Crippen LogP contribution in [0.3, 0.4) is 0 Å². The molecule has 1 fully saturated rings. The summed E-state index contributed by atoms with van der Waals surface area (Å²) in [7, 11) is 6.78. The van der Waals surface area contributed by atoms with Crippen molar-refractivity contribution in [2.24, 2.45) is 0 Å². The van der Waals surface area contributed by atoms with Gasteiger partial charge in [0, 0.05) is 12.1 Å². The van der Waals surface area contributed by atoms with E-state index >= 15 is 0 Å². The fraction of sp³-hybridized carbons (Fsp3) is 1.00. The second-order valence-corrected chi connectivity index (χ2v) is 6.52. The maximum atomic E-state index is 3.47. The zero-order valence-corrected chi connectivity index (χ0v) is 13.7. The molecule has 0 saturated heterocycles. The summed E-state index contributed by atoms with van der Waals surface area (Å²) >= 11 is 0. The van der Waals surface area contributed by atoms with E-state index < -0.39 is 0 Å². The molecule has 0 aromatic carbocycles. The van der Waals surface area contributed by atoms with Crippen molar-refractivity contribution in [2.45, 2.75) is 57.4 Å². The van der Waals surface area contributed by atoms with E-state index in [1.165, 1.54) is 71.1 Å². The first-order valence-electron chi connectivity index (χ1n) is 8.17. The van der Waals surface area contributed by atoms with Gasteiger partial charge in [-0.3, -0.25) is 0 Å². The fourth-order valence-electron chi connectivity index (χ4n) is 3.02. The van der Waals surface area contributed by atoms with Crippen molar-refractivity contribution < 1.29 is 0 Å². The van der Waals surface area contributed by atoms with Gasteiger partial charge in [0.05, 0.1) is 0 Å². The van der Waals surface area contributed by atoms with Crippen LogP contribution < -0.4 is 5.32 Å². The van der Waals surface area contributed by atoms with Crippen LogP contribution in [-0.2, 0) is 0 Å². The lowest BCUT2D eigenvalue weighted by Crippen LogP contribution is -2.56. The van der Waals surface area contributed by atoms with Gasteiger partial charge in [0.1, 0.15) is 0 Å². The lowest BCUT2D eigenvalue weighted by atomic mass is 9.75. The van der Waals surface area contributed by atoms with Crippen molar-refractivity contribution in [1.82, 2.24) is 15.1 Å². The molecule has 1 saturated carbocycles. The summed E-state index contributed by atoms with van der Waals surface area (Å²) < 4.78 is 0. The molecule has 19 heavy (non-hydrogen) atoms. The van der Waals surface area contributed by atoms with Gasteiger partial charge in [-0.2, -0.15) is 0 Å². The summed E-state index contributed by atoms with van der Waals surface area (Å²) in [6.07, 6.45) is 9.44. The first kappa shape index (κ1) is 16.9. The third kappa shape index (κ3) is 5.80. The van der Waals surface area contributed by atoms with Crippen molar-refractivity contribution in [3.05, 3.63) is 0 Å². The minimum atomic E-state index is 0.484. The Bertz CT molecular complexity index is 224. The smallest absolute Gasteiger partial charge is 0.0330 e. The third-order valence-electron chi connectivity index (χ3n) is 4.62. The Balaban J connectivity index is 2.03. The molecule has 0 aromatic heterocycles. The van der Waals surface area contributed by atoms with E-state index in [0.29, 0.717) is 5.54 Å². The van der Waals surface area contributed by atoms with Crippen LogP contribution in [-0.4, -0.2) is 62.7 Å². The van der Waals surface area contributed by atoms with Gasteiger partial charge in [-0.05, 0) is 79.3 Å². The average molecular weight is 269 g/mol. The number of likely N-dealkylation sites (N-methyl/N-ethyl adjacent to an activating group) is 2. The lowest BCUT2D eigenvalue weighted by molar-refractivity contribution is 0.0275. The Hall–Kier alpha value is -0.120. The third-order valence-corrected chi connectivity index (χ3v) is 4.62. The Morgan fingerprint density at radius 1 is 1.00 bits per heavy atom. The van der Waals surface area contributed by atoms with Crippen molar-refractivity contribution in [3.8, 4) is 0 Å². The van der Waals surface area contributed by atoms with Crippen LogP contribution in [0.4, 0.5) is 0 Å². The lowest BCUT2D eigenvalue weighted by Gasteiger charge is -2.49. The second-order valence-electron chi connectivity index (χ2n) is 6.52. The van der Waals surface area contributed by atoms with E-state index in [1.54, 1.807) is 0 Å². The molecule has 1 aliphatic rings. The van der Waals surface area contributed by atoms with E-state index in [-0.39, 0.29) is 0 Å². The van der Waals surface area contributed by atoms with Crippen LogP contribution in [0.25, 0.3) is 0 Å². The predicted octanol–water partition coefficient (Wildman–Crippen LogP) is 2.57. The molecular weight excluding hydrogens is 234 g/mol. The van der Waals surface area contributed by atoms with Gasteiger partial charge in [-0.25, -0.2) is 0 Å². The van der Waals surface area contributed by atoms with E-state index in [4.69, 9.17) is 0 Å². The molecule has 0 aliphatic heterocycles. The number of nitrogens with one attached hydrogen (secondary N) is 1. The highest BCUT2D eigenvalue weighted by Crippen LogP contribution is 2.36. The van der Waals surface area contributed by atoms with Gasteiger partial charge in [0.15, 0.2) is 0 Å². The standard InChI is InChI=1S/C16H35N3/c1-5-12-17-13-7-6-8-14-19(4)15-16(18(2)3)10-9-11-16/h17H,5-15H2,1-4H3. The fourth-order valence-corrected chi connectivity index (χ4v) is 3.02. The van der Waals surface area contributed by atoms with Gasteiger partial charge >= 0.3 is 0 Å². The van der Waals surface area contributed by atoms with E-state index in [2.05, 4.69) is 43.2 Å². The SMILES string of the molecule is CCCNCCCCCN(C)CC1(N(C)C)CCC1. The maximum absolute atomic E-state index is 3.47. The maximum Gasteiger partial charge on any atom is 0.0330 e. The first-order valence-corrected chi connectivity index (χ1v) is 8.17. The summed E-state index contributed by atoms with van der Waals surface area (Å²) in [6.45, 7) is 7.09. The molecule has 0 spiro atoms. The predicted molar refractivity (Wildman–Crippen MR) is 84.8 cm³/mol. The van der Waals surface area contributed by atoms with Crippen LogP contribution in [0.2, 0.25) is 0 Å². The summed E-state index contributed by atoms with van der Waals surface area (Å²) in [5.41, 5.74) is 0.484. The molecule has 1 rings (SSSR count). The largest absolute Gasteiger partial charge is 0.317 e. The summed E-state index contributed by atoms with van der Waals surface area (Å²) in [5, 5.41) is 3.47. The molecule has 1 N–H and O–H groups in total. The molecule has 0 atom stereocenters. The topological polar surface area (TPSA) is 18.5 Å². The van der Waals surface area contributed by atoms with Gasteiger partial charge < -0.3 is 15.1 Å². The quantitative estimate of drug-likeness (QED) is 0.582. The van der Waals surface area contributed by atoms with Crippen LogP contribution in [0.5, 0.6) is 0 Å². The first-order chi connectivity index (χ1) is 9.10. The molecule has 0 radical (unpaired) electrons. The van der Waals surface area contributed by atoms with Crippen molar-refractivity contribution in [3.63, 3.8) is 0 Å². The summed E-state index contributed by atoms with van der Waals surface area (Å²) in [4.78, 5) is 4.99. The number of hydrogen-bond donors (Lipinski definition) is 1. The molecule has 3 heteroatoms. The van der Waals surface area contributed by atoms with Crippen LogP contribution in [0.1, 0.15) is 51.9 Å². The Labute approximate surface area is 120 Å². The molecular formula is C16H35N3. The van der Waals surface area contributed by atoms with E-state index in [0.717, 1.165) is 0 Å². The Morgan fingerprint density at radius 2 is 1.74 bits per heavy atom. The second kappa shape index (κ2) is 8.93. The van der Waals surface area contributed by atoms with Gasteiger partial charge in [0.2, 0.25) is 0 Å². The zero-order valence-electron chi connectivity index (χ0n) is 13.7. The highest BCUT2D eigenvalue weighted by atomic mass is 15.2. The number of unbranched alkanes of at least 4 members (excludes halogenated alkanes) is 2. The molecule has 0 unspecified atom stereocenters. The number of rotatable bonds is 11. The van der Waals surface area contributed by atoms with Crippen molar-refractivity contribution in [2.75, 3.05) is 47.3 Å². The molecule has 1 aliphatic carbocycles. The van der Waals surface area contributed by atoms with Gasteiger partial charge in [0.25, 0.3) is 0 Å². The Kier molecular flexibility index (Phi) is 7.96. The summed E-state index contributed by atoms with van der Waals surface area (Å²) in [5.74, 6) is 0. The monoisotopic (exact) mass is 269 g/mol. The molecule has 114 valence electrons. The van der Waals surface area contributed by atoms with Crippen molar-refractivity contribution >= 4 is 0 Å². The molecule has 0 bridgehead atoms. The molecule has 3 nitrogen and oxygen atoms in total. The average Bonchev–Trinajstić information content (AvgIpc) is 2.32. The molecule has 0 amide bonds. The summed E-state index contributed by atoms with van der Waals surface area (Å²) in [6, 6.07) is 0.